The monoisotopic (exact) mass is 311 g/mol. The van der Waals surface area contributed by atoms with E-state index in [4.69, 9.17) is 4.74 Å². The van der Waals surface area contributed by atoms with Gasteiger partial charge in [-0.25, -0.2) is 0 Å². The first-order valence-corrected chi connectivity index (χ1v) is 7.95. The third kappa shape index (κ3) is 11.1. The number of esters is 1. The predicted molar refractivity (Wildman–Crippen MR) is 94.0 cm³/mol. The van der Waals surface area contributed by atoms with Gasteiger partial charge in [0.1, 0.15) is 12.1 Å². The van der Waals surface area contributed by atoms with Crippen LogP contribution in [0.25, 0.3) is 0 Å². The van der Waals surface area contributed by atoms with Crippen molar-refractivity contribution in [2.24, 2.45) is 0 Å². The zero-order valence-electron chi connectivity index (χ0n) is 15.4. The molecule has 0 amide bonds. The maximum Gasteiger partial charge on any atom is 0.325 e. The number of pyridine rings is 1. The zero-order valence-corrected chi connectivity index (χ0v) is 15.4. The van der Waals surface area contributed by atoms with Crippen molar-refractivity contribution in [3.8, 4) is 0 Å². The van der Waals surface area contributed by atoms with Crippen LogP contribution in [0.2, 0.25) is 0 Å². The zero-order chi connectivity index (χ0) is 17.6. The van der Waals surface area contributed by atoms with Gasteiger partial charge in [0, 0.05) is 12.7 Å². The highest BCUT2D eigenvalue weighted by Gasteiger charge is 2.16. The van der Waals surface area contributed by atoms with Crippen molar-refractivity contribution in [2.45, 2.75) is 60.6 Å². The number of aromatic nitrogens is 1. The molecule has 0 bridgehead atoms. The van der Waals surface area contributed by atoms with Gasteiger partial charge in [0.15, 0.2) is 0 Å². The predicted octanol–water partition coefficient (Wildman–Crippen LogP) is 3.61. The van der Waals surface area contributed by atoms with E-state index in [-0.39, 0.29) is 12.5 Å². The maximum atomic E-state index is 11.6. The van der Waals surface area contributed by atoms with Gasteiger partial charge in [0.25, 0.3) is 0 Å². The highest BCUT2D eigenvalue weighted by Crippen LogP contribution is 2.13. The maximum absolute atomic E-state index is 11.6. The van der Waals surface area contributed by atoms with Crippen LogP contribution in [-0.2, 0) is 16.1 Å². The smallest absolute Gasteiger partial charge is 0.325 e. The van der Waals surface area contributed by atoms with Crippen molar-refractivity contribution in [2.75, 3.05) is 18.9 Å². The molecule has 5 nitrogen and oxygen atoms in total. The Balaban J connectivity index is 0. The summed E-state index contributed by atoms with van der Waals surface area (Å²) < 4.78 is 5.22. The minimum absolute atomic E-state index is 0.139. The normalized spacial score (nSPS) is 9.64. The molecule has 0 saturated heterocycles. The number of anilines is 1. The number of ether oxygens (including phenoxy) is 1. The van der Waals surface area contributed by atoms with E-state index in [1.54, 1.807) is 12.4 Å². The Morgan fingerprint density at radius 3 is 2.32 bits per heavy atom. The molecule has 0 atom stereocenters. The summed E-state index contributed by atoms with van der Waals surface area (Å²) in [6, 6.07) is 1.91. The number of nitrogens with one attached hydrogen (secondary N) is 2. The van der Waals surface area contributed by atoms with Crippen LogP contribution in [0.5, 0.6) is 0 Å². The first-order valence-electron chi connectivity index (χ1n) is 7.95. The van der Waals surface area contributed by atoms with Gasteiger partial charge in [0.05, 0.1) is 11.9 Å². The molecule has 128 valence electrons. The molecular weight excluding hydrogens is 278 g/mol. The van der Waals surface area contributed by atoms with Gasteiger partial charge in [0.2, 0.25) is 0 Å². The molecule has 0 saturated carbocycles. The molecule has 1 aromatic rings. The average Bonchev–Trinajstić information content (AvgIpc) is 2.49. The molecule has 0 fully saturated rings. The third-order valence-electron chi connectivity index (χ3n) is 2.12. The van der Waals surface area contributed by atoms with Gasteiger partial charge in [-0.05, 0) is 39.4 Å². The number of hydrogen-bond donors (Lipinski definition) is 2. The quantitative estimate of drug-likeness (QED) is 0.813. The second-order valence-corrected chi connectivity index (χ2v) is 5.00. The summed E-state index contributed by atoms with van der Waals surface area (Å²) in [6.45, 7) is 14.4. The lowest BCUT2D eigenvalue weighted by molar-refractivity contribution is -0.152. The Morgan fingerprint density at radius 1 is 1.23 bits per heavy atom. The fourth-order valence-corrected chi connectivity index (χ4v) is 1.47. The van der Waals surface area contributed by atoms with Gasteiger partial charge < -0.3 is 15.4 Å². The summed E-state index contributed by atoms with van der Waals surface area (Å²) in [5.74, 6) is -0.276. The van der Waals surface area contributed by atoms with E-state index < -0.39 is 5.60 Å². The first-order chi connectivity index (χ1) is 10.4. The Labute approximate surface area is 135 Å². The lowest BCUT2D eigenvalue weighted by Crippen LogP contribution is -2.28. The number of nitrogens with zero attached hydrogens (tertiary/aromatic N) is 1. The number of rotatable bonds is 5. The lowest BCUT2D eigenvalue weighted by Gasteiger charge is -2.20. The standard InChI is InChI=1S/C13H21N3O2.2C2H6/c1-13(2,3)18-12(17)9-16-11-8-15-6-5-10(11)7-14-4;2*1-2/h5-6,8,14,16H,7,9H2,1-4H3;2*1-2H3. The summed E-state index contributed by atoms with van der Waals surface area (Å²) >= 11 is 0. The molecule has 22 heavy (non-hydrogen) atoms. The summed E-state index contributed by atoms with van der Waals surface area (Å²) in [7, 11) is 1.87. The molecule has 0 spiro atoms. The lowest BCUT2D eigenvalue weighted by atomic mass is 10.2. The van der Waals surface area contributed by atoms with Crippen molar-refractivity contribution >= 4 is 11.7 Å². The SMILES string of the molecule is CC.CC.CNCc1ccncc1NCC(=O)OC(C)(C)C. The van der Waals surface area contributed by atoms with Crippen LogP contribution >= 0.6 is 0 Å². The van der Waals surface area contributed by atoms with E-state index in [0.29, 0.717) is 0 Å². The Kier molecular flexibility index (Phi) is 13.5. The van der Waals surface area contributed by atoms with Crippen molar-refractivity contribution in [1.82, 2.24) is 10.3 Å². The molecule has 0 radical (unpaired) electrons. The van der Waals surface area contributed by atoms with Gasteiger partial charge in [-0.3, -0.25) is 9.78 Å². The number of carbonyl (C=O) groups excluding carboxylic acids is 1. The molecule has 5 heteroatoms. The van der Waals surface area contributed by atoms with Gasteiger partial charge >= 0.3 is 5.97 Å². The molecule has 1 heterocycles. The molecule has 0 aliphatic heterocycles. The molecule has 0 aliphatic rings. The molecule has 0 unspecified atom stereocenters. The van der Waals surface area contributed by atoms with E-state index in [9.17, 15) is 4.79 Å². The molecule has 0 aliphatic carbocycles. The van der Waals surface area contributed by atoms with Crippen molar-refractivity contribution in [1.29, 1.82) is 0 Å². The summed E-state index contributed by atoms with van der Waals surface area (Å²) in [5, 5.41) is 6.11. The summed E-state index contributed by atoms with van der Waals surface area (Å²) in [5.41, 5.74) is 1.45. The van der Waals surface area contributed by atoms with Crippen LogP contribution in [0.15, 0.2) is 18.5 Å². The van der Waals surface area contributed by atoms with Gasteiger partial charge in [-0.2, -0.15) is 0 Å². The second-order valence-electron chi connectivity index (χ2n) is 5.00. The summed E-state index contributed by atoms with van der Waals surface area (Å²) in [6.07, 6.45) is 3.43. The van der Waals surface area contributed by atoms with Crippen LogP contribution in [0.3, 0.4) is 0 Å². The fourth-order valence-electron chi connectivity index (χ4n) is 1.47. The topological polar surface area (TPSA) is 63.2 Å². The average molecular weight is 311 g/mol. The highest BCUT2D eigenvalue weighted by molar-refractivity contribution is 5.75. The van der Waals surface area contributed by atoms with E-state index in [2.05, 4.69) is 15.6 Å². The Bertz CT molecular complexity index is 401. The van der Waals surface area contributed by atoms with Crippen molar-refractivity contribution < 1.29 is 9.53 Å². The van der Waals surface area contributed by atoms with Crippen LogP contribution in [-0.4, -0.2) is 30.1 Å². The molecular formula is C17H33N3O2. The number of hydrogen-bond acceptors (Lipinski definition) is 5. The van der Waals surface area contributed by atoms with Crippen LogP contribution < -0.4 is 10.6 Å². The van der Waals surface area contributed by atoms with E-state index in [1.807, 2.05) is 61.6 Å². The van der Waals surface area contributed by atoms with Gasteiger partial charge in [-0.1, -0.05) is 27.7 Å². The molecule has 1 aromatic heterocycles. The van der Waals surface area contributed by atoms with E-state index >= 15 is 0 Å². The van der Waals surface area contributed by atoms with Gasteiger partial charge in [-0.15, -0.1) is 0 Å². The van der Waals surface area contributed by atoms with Crippen LogP contribution in [0.4, 0.5) is 5.69 Å². The van der Waals surface area contributed by atoms with Crippen molar-refractivity contribution in [3.05, 3.63) is 24.0 Å². The molecule has 0 aromatic carbocycles. The van der Waals surface area contributed by atoms with Crippen LogP contribution in [0.1, 0.15) is 54.0 Å². The number of carbonyl (C=O) groups is 1. The van der Waals surface area contributed by atoms with E-state index in [0.717, 1.165) is 17.8 Å². The Morgan fingerprint density at radius 2 is 1.82 bits per heavy atom. The highest BCUT2D eigenvalue weighted by atomic mass is 16.6. The third-order valence-corrected chi connectivity index (χ3v) is 2.12. The molecule has 1 rings (SSSR count). The fraction of sp³-hybridized carbons (Fsp3) is 0.647. The van der Waals surface area contributed by atoms with E-state index in [1.165, 1.54) is 0 Å². The minimum atomic E-state index is -0.457. The first kappa shape index (κ1) is 22.7. The minimum Gasteiger partial charge on any atom is -0.459 e. The Hall–Kier alpha value is -1.62. The largest absolute Gasteiger partial charge is 0.459 e. The van der Waals surface area contributed by atoms with Crippen LogP contribution in [0, 0.1) is 0 Å². The van der Waals surface area contributed by atoms with Crippen molar-refractivity contribution in [3.63, 3.8) is 0 Å². The molecule has 2 N–H and O–H groups in total. The second kappa shape index (κ2) is 13.1. The summed E-state index contributed by atoms with van der Waals surface area (Å²) in [4.78, 5) is 15.6.